The van der Waals surface area contributed by atoms with Gasteiger partial charge < -0.3 is 29.6 Å². The molecule has 2 aromatic heterocycles. The summed E-state index contributed by atoms with van der Waals surface area (Å²) in [5.41, 5.74) is 3.39. The van der Waals surface area contributed by atoms with E-state index in [2.05, 4.69) is 25.0 Å². The predicted molar refractivity (Wildman–Crippen MR) is 127 cm³/mol. The summed E-state index contributed by atoms with van der Waals surface area (Å²) in [7, 11) is 0. The summed E-state index contributed by atoms with van der Waals surface area (Å²) in [6.45, 7) is 0.0538. The molecule has 2 aromatic carbocycles. The SMILES string of the molecule is N[C@@](O)(C(=O)Nc1ccc(-c2nc(=O)o[nH]2)c(F)c1)[C@H]1OCCN(c2ccc3ccc(=O)[nH]c3c2)C1=O. The molecule has 0 unspecified atom stereocenters. The highest BCUT2D eigenvalue weighted by molar-refractivity contribution is 6.06. The van der Waals surface area contributed by atoms with Crippen molar-refractivity contribution in [1.82, 2.24) is 15.1 Å². The van der Waals surface area contributed by atoms with Gasteiger partial charge in [-0.1, -0.05) is 6.07 Å². The first kappa shape index (κ1) is 24.1. The standard InChI is InChI=1S/C23H19FN6O7/c24-15-9-12(3-5-14(15)19-28-22(34)37-29-19)26-21(33)23(25,35)18-20(32)30(7-8-36-18)13-4-1-11-2-6-17(31)27-16(11)10-13/h1-6,9-10,18,35H,7-8,25H2,(H,26,33)(H,27,31)(H,28,29,34)/t18-,23-/m0/s1. The molecule has 0 saturated carbocycles. The second kappa shape index (κ2) is 9.09. The number of morpholine rings is 1. The minimum atomic E-state index is -2.83. The summed E-state index contributed by atoms with van der Waals surface area (Å²) in [5, 5.41) is 16.0. The predicted octanol–water partition coefficient (Wildman–Crippen LogP) is 0.0283. The summed E-state index contributed by atoms with van der Waals surface area (Å²) in [4.78, 5) is 56.2. The second-order valence-electron chi connectivity index (χ2n) is 8.24. The van der Waals surface area contributed by atoms with E-state index < -0.39 is 35.2 Å². The third-order valence-electron chi connectivity index (χ3n) is 5.79. The normalized spacial score (nSPS) is 17.5. The van der Waals surface area contributed by atoms with Crippen LogP contribution in [0.1, 0.15) is 0 Å². The van der Waals surface area contributed by atoms with Gasteiger partial charge in [-0.3, -0.25) is 20.1 Å². The lowest BCUT2D eigenvalue weighted by molar-refractivity contribution is -0.167. The Morgan fingerprint density at radius 3 is 2.70 bits per heavy atom. The molecule has 3 heterocycles. The van der Waals surface area contributed by atoms with Crippen molar-refractivity contribution in [2.75, 3.05) is 23.4 Å². The van der Waals surface area contributed by atoms with Gasteiger partial charge in [-0.15, -0.1) is 0 Å². The average molecular weight is 510 g/mol. The van der Waals surface area contributed by atoms with Crippen molar-refractivity contribution in [2.45, 2.75) is 11.8 Å². The van der Waals surface area contributed by atoms with Crippen molar-refractivity contribution in [2.24, 2.45) is 5.73 Å². The Labute approximate surface area is 205 Å². The van der Waals surface area contributed by atoms with Crippen LogP contribution in [-0.2, 0) is 14.3 Å². The highest BCUT2D eigenvalue weighted by Gasteiger charge is 2.49. The Hall–Kier alpha value is -4.66. The summed E-state index contributed by atoms with van der Waals surface area (Å²) in [5.74, 6) is -3.98. The molecule has 0 radical (unpaired) electrons. The van der Waals surface area contributed by atoms with Crippen LogP contribution in [0.2, 0.25) is 0 Å². The van der Waals surface area contributed by atoms with Crippen LogP contribution in [0.3, 0.4) is 0 Å². The number of anilines is 2. The molecule has 2 amide bonds. The fraction of sp³-hybridized carbons (Fsp3) is 0.174. The smallest absolute Gasteiger partial charge is 0.365 e. The molecule has 14 heteroatoms. The number of hydrogen-bond acceptors (Lipinski definition) is 9. The maximum atomic E-state index is 14.5. The van der Waals surface area contributed by atoms with Crippen molar-refractivity contribution < 1.29 is 28.3 Å². The van der Waals surface area contributed by atoms with Crippen LogP contribution in [0, 0.1) is 5.82 Å². The number of carbonyl (C=O) groups excluding carboxylic acids is 2. The molecule has 4 aromatic rings. The minimum absolute atomic E-state index is 0.0498. The lowest BCUT2D eigenvalue weighted by Gasteiger charge is -2.38. The summed E-state index contributed by atoms with van der Waals surface area (Å²) >= 11 is 0. The number of hydrogen-bond donors (Lipinski definition) is 5. The number of halogens is 1. The second-order valence-corrected chi connectivity index (χ2v) is 8.24. The van der Waals surface area contributed by atoms with Crippen molar-refractivity contribution in [1.29, 1.82) is 0 Å². The van der Waals surface area contributed by atoms with Gasteiger partial charge in [0.2, 0.25) is 11.3 Å². The van der Waals surface area contributed by atoms with E-state index in [1.54, 1.807) is 24.3 Å². The first-order chi connectivity index (χ1) is 17.6. The number of aromatic nitrogens is 3. The zero-order chi connectivity index (χ0) is 26.3. The molecular formula is C23H19FN6O7. The van der Waals surface area contributed by atoms with Gasteiger partial charge in [0.05, 0.1) is 17.7 Å². The van der Waals surface area contributed by atoms with Crippen LogP contribution in [0.25, 0.3) is 22.3 Å². The van der Waals surface area contributed by atoms with Gasteiger partial charge in [0.15, 0.2) is 11.9 Å². The molecule has 190 valence electrons. The first-order valence-electron chi connectivity index (χ1n) is 10.9. The Bertz CT molecular complexity index is 1640. The van der Waals surface area contributed by atoms with Gasteiger partial charge in [-0.05, 0) is 41.8 Å². The van der Waals surface area contributed by atoms with Crippen molar-refractivity contribution >= 4 is 34.1 Å². The number of ether oxygens (including phenoxy) is 1. The van der Waals surface area contributed by atoms with E-state index in [1.165, 1.54) is 23.1 Å². The number of aromatic amines is 2. The van der Waals surface area contributed by atoms with Crippen molar-refractivity contribution in [3.8, 4) is 11.4 Å². The summed E-state index contributed by atoms with van der Waals surface area (Å²) < 4.78 is 24.3. The van der Waals surface area contributed by atoms with Gasteiger partial charge in [-0.25, -0.2) is 9.18 Å². The Balaban J connectivity index is 1.35. The molecule has 0 spiro atoms. The third-order valence-corrected chi connectivity index (χ3v) is 5.79. The highest BCUT2D eigenvalue weighted by atomic mass is 19.1. The molecule has 0 bridgehead atoms. The van der Waals surface area contributed by atoms with Crippen LogP contribution in [0.5, 0.6) is 0 Å². The number of nitrogens with two attached hydrogens (primary N) is 1. The minimum Gasteiger partial charge on any atom is -0.365 e. The molecule has 1 aliphatic rings. The topological polar surface area (TPSA) is 197 Å². The zero-order valence-corrected chi connectivity index (χ0v) is 18.9. The molecule has 13 nitrogen and oxygen atoms in total. The number of carbonyl (C=O) groups is 2. The zero-order valence-electron chi connectivity index (χ0n) is 18.9. The Morgan fingerprint density at radius 1 is 1.19 bits per heavy atom. The lowest BCUT2D eigenvalue weighted by atomic mass is 10.0. The molecule has 2 atom stereocenters. The van der Waals surface area contributed by atoms with E-state index in [9.17, 15) is 28.7 Å². The number of pyridine rings is 1. The molecule has 1 saturated heterocycles. The number of fused-ring (bicyclic) bond motifs is 1. The Kier molecular flexibility index (Phi) is 5.91. The number of nitrogens with one attached hydrogen (secondary N) is 3. The number of amides is 2. The number of aliphatic hydroxyl groups is 1. The van der Waals surface area contributed by atoms with E-state index in [4.69, 9.17) is 10.5 Å². The molecule has 0 aliphatic carbocycles. The maximum Gasteiger partial charge on any atom is 0.460 e. The monoisotopic (exact) mass is 510 g/mol. The first-order valence-corrected chi connectivity index (χ1v) is 10.9. The van der Waals surface area contributed by atoms with E-state index in [0.717, 1.165) is 11.5 Å². The number of rotatable bonds is 5. The van der Waals surface area contributed by atoms with E-state index in [0.29, 0.717) is 11.2 Å². The van der Waals surface area contributed by atoms with Crippen LogP contribution >= 0.6 is 0 Å². The Morgan fingerprint density at radius 2 is 1.97 bits per heavy atom. The van der Waals surface area contributed by atoms with E-state index in [-0.39, 0.29) is 35.8 Å². The van der Waals surface area contributed by atoms with Crippen LogP contribution < -0.4 is 27.3 Å². The molecule has 37 heavy (non-hydrogen) atoms. The molecule has 5 rings (SSSR count). The van der Waals surface area contributed by atoms with E-state index >= 15 is 0 Å². The molecule has 1 aliphatic heterocycles. The molecule has 6 N–H and O–H groups in total. The van der Waals surface area contributed by atoms with Gasteiger partial charge in [0, 0.05) is 24.0 Å². The van der Waals surface area contributed by atoms with Crippen LogP contribution in [0.15, 0.2) is 62.6 Å². The van der Waals surface area contributed by atoms with Crippen LogP contribution in [-0.4, -0.2) is 57.0 Å². The number of nitrogens with zero attached hydrogens (tertiary/aromatic N) is 2. The third kappa shape index (κ3) is 4.51. The van der Waals surface area contributed by atoms with Crippen molar-refractivity contribution in [3.05, 3.63) is 75.3 Å². The van der Waals surface area contributed by atoms with Gasteiger partial charge in [-0.2, -0.15) is 10.1 Å². The fourth-order valence-corrected chi connectivity index (χ4v) is 3.94. The lowest BCUT2D eigenvalue weighted by Crippen LogP contribution is -2.67. The van der Waals surface area contributed by atoms with Crippen molar-refractivity contribution in [3.63, 3.8) is 0 Å². The maximum absolute atomic E-state index is 14.5. The summed E-state index contributed by atoms with van der Waals surface area (Å²) in [6.07, 6.45) is -1.78. The summed E-state index contributed by atoms with van der Waals surface area (Å²) in [6, 6.07) is 11.3. The van der Waals surface area contributed by atoms with Gasteiger partial charge >= 0.3 is 5.76 Å². The van der Waals surface area contributed by atoms with Gasteiger partial charge in [0.1, 0.15) is 5.82 Å². The fourth-order valence-electron chi connectivity index (χ4n) is 3.94. The average Bonchev–Trinajstić information content (AvgIpc) is 3.29. The largest absolute Gasteiger partial charge is 0.460 e. The molecule has 1 fully saturated rings. The number of H-pyrrole nitrogens is 2. The molecular weight excluding hydrogens is 491 g/mol. The van der Waals surface area contributed by atoms with Crippen LogP contribution in [0.4, 0.5) is 15.8 Å². The highest BCUT2D eigenvalue weighted by Crippen LogP contribution is 2.27. The quantitative estimate of drug-likeness (QED) is 0.230. The number of benzene rings is 2. The van der Waals surface area contributed by atoms with Gasteiger partial charge in [0.25, 0.3) is 11.8 Å². The van der Waals surface area contributed by atoms with E-state index in [1.807, 2.05) is 0 Å².